The van der Waals surface area contributed by atoms with Crippen molar-refractivity contribution in [3.63, 3.8) is 0 Å². The predicted octanol–water partition coefficient (Wildman–Crippen LogP) is 4.66. The Hall–Kier alpha value is -1.65. The van der Waals surface area contributed by atoms with Gasteiger partial charge in [0, 0.05) is 16.8 Å². The molecule has 0 aliphatic carbocycles. The van der Waals surface area contributed by atoms with Crippen LogP contribution in [0.1, 0.15) is 19.0 Å². The Labute approximate surface area is 127 Å². The fourth-order valence-electron chi connectivity index (χ4n) is 2.20. The maximum atomic E-state index is 5.91. The third-order valence-corrected chi connectivity index (χ3v) is 3.72. The Kier molecular flexibility index (Phi) is 3.59. The van der Waals surface area contributed by atoms with E-state index in [1.807, 2.05) is 40.9 Å². The van der Waals surface area contributed by atoms with E-state index < -0.39 is 0 Å². The van der Waals surface area contributed by atoms with E-state index in [9.17, 15) is 0 Å². The van der Waals surface area contributed by atoms with Crippen molar-refractivity contribution in [2.24, 2.45) is 0 Å². The van der Waals surface area contributed by atoms with Gasteiger partial charge in [-0.1, -0.05) is 49.3 Å². The van der Waals surface area contributed by atoms with Gasteiger partial charge in [0.2, 0.25) is 0 Å². The monoisotopic (exact) mass is 303 g/mol. The highest BCUT2D eigenvalue weighted by Crippen LogP contribution is 2.21. The van der Waals surface area contributed by atoms with E-state index in [1.165, 1.54) is 0 Å². The Morgan fingerprint density at radius 2 is 2.00 bits per heavy atom. The van der Waals surface area contributed by atoms with Crippen molar-refractivity contribution in [3.8, 4) is 11.3 Å². The van der Waals surface area contributed by atoms with Gasteiger partial charge in [0.25, 0.3) is 0 Å². The molecule has 0 aliphatic rings. The number of aromatic nitrogens is 3. The standard InChI is InChI=1S/C15H14ClN3S/c1-2-3-12-8-15(20)19-14(17-12)9-13(18-19)10-4-6-11(16)7-5-10/h4-9,18H,2-3H2,1H3. The Balaban J connectivity index is 2.12. The van der Waals surface area contributed by atoms with Crippen LogP contribution in [0.4, 0.5) is 0 Å². The summed E-state index contributed by atoms with van der Waals surface area (Å²) >= 11 is 11.3. The number of rotatable bonds is 3. The van der Waals surface area contributed by atoms with Crippen molar-refractivity contribution in [3.05, 3.63) is 51.8 Å². The van der Waals surface area contributed by atoms with Crippen LogP contribution < -0.4 is 0 Å². The lowest BCUT2D eigenvalue weighted by atomic mass is 10.1. The molecule has 0 aliphatic heterocycles. The molecule has 0 saturated heterocycles. The third kappa shape index (κ3) is 2.49. The molecule has 0 atom stereocenters. The maximum absolute atomic E-state index is 5.91. The molecule has 0 unspecified atom stereocenters. The molecule has 0 radical (unpaired) electrons. The van der Waals surface area contributed by atoms with Gasteiger partial charge in [0.05, 0.1) is 5.69 Å². The lowest BCUT2D eigenvalue weighted by Crippen LogP contribution is -1.96. The van der Waals surface area contributed by atoms with E-state index in [0.717, 1.165) is 45.1 Å². The second kappa shape index (κ2) is 5.38. The molecule has 3 nitrogen and oxygen atoms in total. The number of hydrogen-bond donors (Lipinski definition) is 1. The van der Waals surface area contributed by atoms with E-state index in [4.69, 9.17) is 23.8 Å². The average Bonchev–Trinajstić information content (AvgIpc) is 2.84. The van der Waals surface area contributed by atoms with Crippen LogP contribution in [0.15, 0.2) is 36.4 Å². The van der Waals surface area contributed by atoms with E-state index in [-0.39, 0.29) is 0 Å². The van der Waals surface area contributed by atoms with Crippen LogP contribution in [0.2, 0.25) is 5.02 Å². The second-order valence-electron chi connectivity index (χ2n) is 4.71. The van der Waals surface area contributed by atoms with Crippen molar-refractivity contribution < 1.29 is 0 Å². The van der Waals surface area contributed by atoms with Gasteiger partial charge in [-0.2, -0.15) is 0 Å². The van der Waals surface area contributed by atoms with Crippen LogP contribution in [0.5, 0.6) is 0 Å². The minimum atomic E-state index is 0.727. The van der Waals surface area contributed by atoms with Gasteiger partial charge in [0.15, 0.2) is 5.65 Å². The topological polar surface area (TPSA) is 33.1 Å². The molecule has 20 heavy (non-hydrogen) atoms. The van der Waals surface area contributed by atoms with Gasteiger partial charge >= 0.3 is 0 Å². The molecule has 0 saturated carbocycles. The van der Waals surface area contributed by atoms with Crippen LogP contribution in [-0.4, -0.2) is 14.6 Å². The highest BCUT2D eigenvalue weighted by molar-refractivity contribution is 7.71. The lowest BCUT2D eigenvalue weighted by molar-refractivity contribution is 0.853. The summed E-state index contributed by atoms with van der Waals surface area (Å²) in [6.07, 6.45) is 2.01. The average molecular weight is 304 g/mol. The normalized spacial score (nSPS) is 11.1. The summed E-state index contributed by atoms with van der Waals surface area (Å²) in [5, 5.41) is 4.00. The van der Waals surface area contributed by atoms with Crippen molar-refractivity contribution in [2.45, 2.75) is 19.8 Å². The molecule has 102 valence electrons. The summed E-state index contributed by atoms with van der Waals surface area (Å²) in [6.45, 7) is 2.14. The first-order valence-corrected chi connectivity index (χ1v) is 7.33. The van der Waals surface area contributed by atoms with Gasteiger partial charge in [-0.25, -0.2) is 9.50 Å². The van der Waals surface area contributed by atoms with Crippen molar-refractivity contribution in [1.82, 2.24) is 14.6 Å². The largest absolute Gasteiger partial charge is 0.291 e. The number of aryl methyl sites for hydroxylation is 1. The number of fused-ring (bicyclic) bond motifs is 1. The number of H-pyrrole nitrogens is 1. The van der Waals surface area contributed by atoms with Gasteiger partial charge in [0.1, 0.15) is 4.64 Å². The number of benzene rings is 1. The predicted molar refractivity (Wildman–Crippen MR) is 84.8 cm³/mol. The fraction of sp³-hybridized carbons (Fsp3) is 0.200. The second-order valence-corrected chi connectivity index (χ2v) is 5.56. The molecule has 2 aromatic heterocycles. The smallest absolute Gasteiger partial charge is 0.155 e. The molecule has 2 heterocycles. The summed E-state index contributed by atoms with van der Waals surface area (Å²) in [4.78, 5) is 4.63. The first-order chi connectivity index (χ1) is 9.67. The summed E-state index contributed by atoms with van der Waals surface area (Å²) in [6, 6.07) is 11.7. The Morgan fingerprint density at radius 3 is 2.70 bits per heavy atom. The number of nitrogens with zero attached hydrogens (tertiary/aromatic N) is 2. The zero-order chi connectivity index (χ0) is 14.1. The number of nitrogens with one attached hydrogen (secondary N) is 1. The highest BCUT2D eigenvalue weighted by atomic mass is 35.5. The summed E-state index contributed by atoms with van der Waals surface area (Å²) in [5.74, 6) is 0. The quantitative estimate of drug-likeness (QED) is 0.714. The van der Waals surface area contributed by atoms with E-state index >= 15 is 0 Å². The molecule has 1 N–H and O–H groups in total. The van der Waals surface area contributed by atoms with E-state index in [1.54, 1.807) is 0 Å². The molecule has 1 aromatic carbocycles. The van der Waals surface area contributed by atoms with Crippen molar-refractivity contribution in [1.29, 1.82) is 0 Å². The number of hydrogen-bond acceptors (Lipinski definition) is 2. The fourth-order valence-corrected chi connectivity index (χ4v) is 2.60. The summed E-state index contributed by atoms with van der Waals surface area (Å²) < 4.78 is 2.58. The first-order valence-electron chi connectivity index (χ1n) is 6.55. The van der Waals surface area contributed by atoms with Gasteiger partial charge in [-0.3, -0.25) is 5.10 Å². The molecule has 0 bridgehead atoms. The van der Waals surface area contributed by atoms with Gasteiger partial charge in [-0.15, -0.1) is 0 Å². The molecule has 0 amide bonds. The number of aromatic amines is 1. The highest BCUT2D eigenvalue weighted by Gasteiger charge is 2.06. The summed E-state index contributed by atoms with van der Waals surface area (Å²) in [5.41, 5.74) is 3.94. The molecular formula is C15H14ClN3S. The maximum Gasteiger partial charge on any atom is 0.155 e. The first kappa shape index (κ1) is 13.3. The van der Waals surface area contributed by atoms with Gasteiger partial charge in [-0.05, 0) is 30.2 Å². The van der Waals surface area contributed by atoms with Gasteiger partial charge < -0.3 is 0 Å². The SMILES string of the molecule is CCCc1cc(=S)n2[nH]c(-c3ccc(Cl)cc3)cc2n1. The molecule has 3 aromatic rings. The lowest BCUT2D eigenvalue weighted by Gasteiger charge is -1.99. The van der Waals surface area contributed by atoms with Crippen LogP contribution in [-0.2, 0) is 6.42 Å². The minimum absolute atomic E-state index is 0.727. The third-order valence-electron chi connectivity index (χ3n) is 3.16. The van der Waals surface area contributed by atoms with Crippen LogP contribution in [0.25, 0.3) is 16.9 Å². The zero-order valence-electron chi connectivity index (χ0n) is 11.1. The molecule has 3 rings (SSSR count). The van der Waals surface area contributed by atoms with Crippen molar-refractivity contribution in [2.75, 3.05) is 0 Å². The van der Waals surface area contributed by atoms with Crippen LogP contribution in [0.3, 0.4) is 0 Å². The number of halogens is 1. The summed E-state index contributed by atoms with van der Waals surface area (Å²) in [7, 11) is 0. The Morgan fingerprint density at radius 1 is 1.25 bits per heavy atom. The molecular weight excluding hydrogens is 290 g/mol. The Bertz CT molecular complexity index is 802. The van der Waals surface area contributed by atoms with Crippen molar-refractivity contribution >= 4 is 29.5 Å². The van der Waals surface area contributed by atoms with E-state index in [2.05, 4.69) is 17.0 Å². The molecule has 5 heteroatoms. The zero-order valence-corrected chi connectivity index (χ0v) is 12.6. The molecule has 0 fully saturated rings. The van der Waals surface area contributed by atoms with Crippen LogP contribution >= 0.6 is 23.8 Å². The van der Waals surface area contributed by atoms with E-state index in [0.29, 0.717) is 0 Å². The van der Waals surface area contributed by atoms with Crippen LogP contribution in [0, 0.1) is 4.64 Å². The minimum Gasteiger partial charge on any atom is -0.291 e. The molecule has 0 spiro atoms.